The number of benzene rings is 2. The molecule has 0 aromatic heterocycles. The predicted octanol–water partition coefficient (Wildman–Crippen LogP) is 4.49. The largest absolute Gasteiger partial charge is 0.491 e. The molecule has 2 aromatic carbocycles. The lowest BCUT2D eigenvalue weighted by molar-refractivity contribution is -0.114. The summed E-state index contributed by atoms with van der Waals surface area (Å²) >= 11 is 6.05. The van der Waals surface area contributed by atoms with E-state index in [2.05, 4.69) is 10.6 Å². The molecule has 0 aliphatic heterocycles. The second-order valence-electron chi connectivity index (χ2n) is 5.56. The number of carbonyl (C=O) groups excluding carboxylic acids is 1. The zero-order valence-corrected chi connectivity index (χ0v) is 14.3. The standard InChI is InChI=1S/C18H21ClN2O2/c1-12(2)23-16-6-4-5-14(9-16)20-11-18(22)21-15-8-7-13(3)17(19)10-15/h4-10,12,20H,11H2,1-3H3,(H,21,22). The van der Waals surface area contributed by atoms with Crippen LogP contribution in [0, 0.1) is 6.92 Å². The molecule has 0 fully saturated rings. The highest BCUT2D eigenvalue weighted by molar-refractivity contribution is 6.31. The molecule has 0 radical (unpaired) electrons. The molecule has 2 aromatic rings. The monoisotopic (exact) mass is 332 g/mol. The number of ether oxygens (including phenoxy) is 1. The van der Waals surface area contributed by atoms with Gasteiger partial charge < -0.3 is 15.4 Å². The van der Waals surface area contributed by atoms with Gasteiger partial charge in [-0.1, -0.05) is 23.7 Å². The highest BCUT2D eigenvalue weighted by Crippen LogP contribution is 2.20. The van der Waals surface area contributed by atoms with Crippen LogP contribution in [0.2, 0.25) is 5.02 Å². The van der Waals surface area contributed by atoms with Gasteiger partial charge in [-0.3, -0.25) is 4.79 Å². The molecule has 0 aliphatic carbocycles. The average molecular weight is 333 g/mol. The van der Waals surface area contributed by atoms with Gasteiger partial charge >= 0.3 is 0 Å². The molecule has 2 N–H and O–H groups in total. The summed E-state index contributed by atoms with van der Waals surface area (Å²) in [7, 11) is 0. The highest BCUT2D eigenvalue weighted by atomic mass is 35.5. The highest BCUT2D eigenvalue weighted by Gasteiger charge is 2.05. The lowest BCUT2D eigenvalue weighted by Crippen LogP contribution is -2.21. The van der Waals surface area contributed by atoms with Crippen LogP contribution >= 0.6 is 11.6 Å². The number of hydrogen-bond donors (Lipinski definition) is 2. The summed E-state index contributed by atoms with van der Waals surface area (Å²) in [6, 6.07) is 13.0. The normalized spacial score (nSPS) is 10.5. The number of anilines is 2. The molecule has 5 heteroatoms. The summed E-state index contributed by atoms with van der Waals surface area (Å²) in [5.41, 5.74) is 2.49. The minimum Gasteiger partial charge on any atom is -0.491 e. The van der Waals surface area contributed by atoms with Gasteiger partial charge in [-0.05, 0) is 50.6 Å². The van der Waals surface area contributed by atoms with Gasteiger partial charge in [-0.15, -0.1) is 0 Å². The van der Waals surface area contributed by atoms with Crippen LogP contribution in [0.1, 0.15) is 19.4 Å². The number of aryl methyl sites for hydroxylation is 1. The molecule has 0 heterocycles. The number of carbonyl (C=O) groups is 1. The Kier molecular flexibility index (Phi) is 5.88. The van der Waals surface area contributed by atoms with Crippen LogP contribution < -0.4 is 15.4 Å². The SMILES string of the molecule is Cc1ccc(NC(=O)CNc2cccc(OC(C)C)c2)cc1Cl. The van der Waals surface area contributed by atoms with Crippen molar-refractivity contribution in [2.75, 3.05) is 17.2 Å². The summed E-state index contributed by atoms with van der Waals surface area (Å²) < 4.78 is 5.63. The Balaban J connectivity index is 1.90. The van der Waals surface area contributed by atoms with Gasteiger partial charge in [0, 0.05) is 22.5 Å². The Hall–Kier alpha value is -2.20. The molecule has 0 aliphatic rings. The molecule has 0 spiro atoms. The Morgan fingerprint density at radius 2 is 1.96 bits per heavy atom. The van der Waals surface area contributed by atoms with Crippen molar-refractivity contribution in [3.05, 3.63) is 53.1 Å². The van der Waals surface area contributed by atoms with E-state index >= 15 is 0 Å². The first-order valence-corrected chi connectivity index (χ1v) is 7.88. The van der Waals surface area contributed by atoms with Gasteiger partial charge in [0.25, 0.3) is 0 Å². The van der Waals surface area contributed by atoms with Crippen molar-refractivity contribution in [2.45, 2.75) is 26.9 Å². The maximum absolute atomic E-state index is 12.0. The number of nitrogens with one attached hydrogen (secondary N) is 2. The van der Waals surface area contributed by atoms with Crippen molar-refractivity contribution < 1.29 is 9.53 Å². The molecule has 0 unspecified atom stereocenters. The molecular weight excluding hydrogens is 312 g/mol. The van der Waals surface area contributed by atoms with Gasteiger partial charge in [-0.2, -0.15) is 0 Å². The van der Waals surface area contributed by atoms with Gasteiger partial charge in [0.1, 0.15) is 5.75 Å². The zero-order chi connectivity index (χ0) is 16.8. The first-order chi connectivity index (χ1) is 10.9. The summed E-state index contributed by atoms with van der Waals surface area (Å²) in [6.07, 6.45) is 0.111. The summed E-state index contributed by atoms with van der Waals surface area (Å²) in [4.78, 5) is 12.0. The summed E-state index contributed by atoms with van der Waals surface area (Å²) in [5, 5.41) is 6.52. The average Bonchev–Trinajstić information content (AvgIpc) is 2.49. The maximum Gasteiger partial charge on any atom is 0.243 e. The van der Waals surface area contributed by atoms with Crippen molar-refractivity contribution in [2.24, 2.45) is 0 Å². The van der Waals surface area contributed by atoms with Crippen LogP contribution in [0.4, 0.5) is 11.4 Å². The fraction of sp³-hybridized carbons (Fsp3) is 0.278. The lowest BCUT2D eigenvalue weighted by atomic mass is 10.2. The molecule has 0 saturated heterocycles. The second kappa shape index (κ2) is 7.88. The molecule has 1 amide bonds. The molecule has 4 nitrogen and oxygen atoms in total. The van der Waals surface area contributed by atoms with Gasteiger partial charge in [0.15, 0.2) is 0 Å². The van der Waals surface area contributed by atoms with Gasteiger partial charge in [0.05, 0.1) is 12.6 Å². The Morgan fingerprint density at radius 1 is 1.17 bits per heavy atom. The van der Waals surface area contributed by atoms with E-state index in [1.807, 2.05) is 57.2 Å². The fourth-order valence-electron chi connectivity index (χ4n) is 2.01. The van der Waals surface area contributed by atoms with Crippen LogP contribution in [0.3, 0.4) is 0 Å². The molecule has 23 heavy (non-hydrogen) atoms. The smallest absolute Gasteiger partial charge is 0.243 e. The quantitative estimate of drug-likeness (QED) is 0.819. The third-order valence-electron chi connectivity index (χ3n) is 3.11. The van der Waals surface area contributed by atoms with Crippen molar-refractivity contribution in [1.29, 1.82) is 0 Å². The Labute approximate surface area is 141 Å². The van der Waals surface area contributed by atoms with Gasteiger partial charge in [0.2, 0.25) is 5.91 Å². The third-order valence-corrected chi connectivity index (χ3v) is 3.52. The molecule has 0 bridgehead atoms. The number of rotatable bonds is 6. The van der Waals surface area contributed by atoms with E-state index in [-0.39, 0.29) is 18.6 Å². The van der Waals surface area contributed by atoms with Crippen LogP contribution in [-0.2, 0) is 4.79 Å². The van der Waals surface area contributed by atoms with E-state index in [9.17, 15) is 4.79 Å². The first-order valence-electron chi connectivity index (χ1n) is 7.50. The number of halogens is 1. The molecule has 0 atom stereocenters. The number of amides is 1. The van der Waals surface area contributed by atoms with E-state index in [1.165, 1.54) is 0 Å². The van der Waals surface area contributed by atoms with Gasteiger partial charge in [-0.25, -0.2) is 0 Å². The Bertz CT molecular complexity index is 686. The van der Waals surface area contributed by atoms with Crippen molar-refractivity contribution in [1.82, 2.24) is 0 Å². The minimum atomic E-state index is -0.139. The third kappa shape index (κ3) is 5.49. The van der Waals surface area contributed by atoms with E-state index in [0.29, 0.717) is 10.7 Å². The van der Waals surface area contributed by atoms with Crippen LogP contribution in [0.25, 0.3) is 0 Å². The maximum atomic E-state index is 12.0. The fourth-order valence-corrected chi connectivity index (χ4v) is 2.19. The van der Waals surface area contributed by atoms with Crippen molar-refractivity contribution in [3.8, 4) is 5.75 Å². The van der Waals surface area contributed by atoms with E-state index in [4.69, 9.17) is 16.3 Å². The lowest BCUT2D eigenvalue weighted by Gasteiger charge is -2.12. The zero-order valence-electron chi connectivity index (χ0n) is 13.5. The van der Waals surface area contributed by atoms with E-state index < -0.39 is 0 Å². The topological polar surface area (TPSA) is 50.4 Å². The minimum absolute atomic E-state index is 0.111. The summed E-state index contributed by atoms with van der Waals surface area (Å²) in [5.74, 6) is 0.635. The predicted molar refractivity (Wildman–Crippen MR) is 95.5 cm³/mol. The van der Waals surface area contributed by atoms with E-state index in [0.717, 1.165) is 17.0 Å². The van der Waals surface area contributed by atoms with Crippen LogP contribution in [-0.4, -0.2) is 18.6 Å². The van der Waals surface area contributed by atoms with E-state index in [1.54, 1.807) is 6.07 Å². The van der Waals surface area contributed by atoms with Crippen LogP contribution in [0.5, 0.6) is 5.75 Å². The molecule has 0 saturated carbocycles. The van der Waals surface area contributed by atoms with Crippen molar-refractivity contribution >= 4 is 28.9 Å². The first kappa shape index (κ1) is 17.2. The van der Waals surface area contributed by atoms with Crippen LogP contribution in [0.15, 0.2) is 42.5 Å². The van der Waals surface area contributed by atoms with Crippen molar-refractivity contribution in [3.63, 3.8) is 0 Å². The Morgan fingerprint density at radius 3 is 2.65 bits per heavy atom. The molecule has 122 valence electrons. The summed E-state index contributed by atoms with van der Waals surface area (Å²) in [6.45, 7) is 6.03. The molecule has 2 rings (SSSR count). The molecular formula is C18H21ClN2O2. The second-order valence-corrected chi connectivity index (χ2v) is 5.97. The number of hydrogen-bond acceptors (Lipinski definition) is 3.